The second-order valence-corrected chi connectivity index (χ2v) is 5.20. The third-order valence-electron chi connectivity index (χ3n) is 2.66. The van der Waals surface area contributed by atoms with Gasteiger partial charge in [0.15, 0.2) is 6.10 Å². The number of nitrogens with one attached hydrogen (secondary N) is 1. The molecule has 0 aromatic heterocycles. The lowest BCUT2D eigenvalue weighted by molar-refractivity contribution is -0.127. The molecule has 1 amide bonds. The maximum absolute atomic E-state index is 11.7. The molecule has 0 fully saturated rings. The molecule has 1 rings (SSSR count). The van der Waals surface area contributed by atoms with Crippen LogP contribution in [0.2, 0.25) is 0 Å². The number of amides is 1. The van der Waals surface area contributed by atoms with E-state index in [1.54, 1.807) is 6.92 Å². The van der Waals surface area contributed by atoms with Gasteiger partial charge in [0.2, 0.25) is 0 Å². The number of carbonyl (C=O) groups excluding carboxylic acids is 1. The van der Waals surface area contributed by atoms with Crippen LogP contribution in [0.1, 0.15) is 25.8 Å². The van der Waals surface area contributed by atoms with Gasteiger partial charge >= 0.3 is 0 Å². The molecule has 0 spiro atoms. The summed E-state index contributed by atoms with van der Waals surface area (Å²) in [5.41, 5.74) is 6.64. The predicted octanol–water partition coefficient (Wildman–Crippen LogP) is 2.24. The van der Waals surface area contributed by atoms with E-state index in [-0.39, 0.29) is 5.91 Å². The molecule has 1 unspecified atom stereocenters. The van der Waals surface area contributed by atoms with Crippen molar-refractivity contribution in [3.8, 4) is 5.75 Å². The maximum Gasteiger partial charge on any atom is 0.260 e. The number of hydrogen-bond acceptors (Lipinski definition) is 3. The molecule has 0 bridgehead atoms. The first-order chi connectivity index (χ1) is 9.08. The van der Waals surface area contributed by atoms with Crippen molar-refractivity contribution in [2.24, 2.45) is 5.73 Å². The molecule has 1 aromatic carbocycles. The summed E-state index contributed by atoms with van der Waals surface area (Å²) in [4.78, 5) is 11.7. The molecule has 106 valence electrons. The van der Waals surface area contributed by atoms with Crippen LogP contribution in [0.25, 0.3) is 0 Å². The molecule has 0 aliphatic carbocycles. The fourth-order valence-electron chi connectivity index (χ4n) is 1.62. The Bertz CT molecular complexity index is 424. The number of rotatable bonds is 7. The zero-order chi connectivity index (χ0) is 14.3. The van der Waals surface area contributed by atoms with Crippen LogP contribution in [-0.2, 0) is 11.2 Å². The summed E-state index contributed by atoms with van der Waals surface area (Å²) >= 11 is 3.47. The van der Waals surface area contributed by atoms with Crippen molar-refractivity contribution >= 4 is 21.8 Å². The van der Waals surface area contributed by atoms with Crippen molar-refractivity contribution in [3.05, 3.63) is 28.2 Å². The molecule has 0 saturated carbocycles. The van der Waals surface area contributed by atoms with Gasteiger partial charge in [-0.2, -0.15) is 0 Å². The van der Waals surface area contributed by atoms with Gasteiger partial charge in [0.05, 0.1) is 0 Å². The van der Waals surface area contributed by atoms with Crippen LogP contribution < -0.4 is 15.8 Å². The van der Waals surface area contributed by atoms with E-state index in [0.29, 0.717) is 18.8 Å². The molecule has 5 heteroatoms. The van der Waals surface area contributed by atoms with Gasteiger partial charge in [-0.1, -0.05) is 22.9 Å². The van der Waals surface area contributed by atoms with E-state index in [9.17, 15) is 4.79 Å². The second-order valence-electron chi connectivity index (χ2n) is 4.34. The fraction of sp³-hybridized carbons (Fsp3) is 0.500. The summed E-state index contributed by atoms with van der Waals surface area (Å²) in [6, 6.07) is 5.67. The molecule has 1 atom stereocenters. The topological polar surface area (TPSA) is 64.3 Å². The summed E-state index contributed by atoms with van der Waals surface area (Å²) in [6.45, 7) is 5.01. The van der Waals surface area contributed by atoms with Crippen molar-refractivity contribution < 1.29 is 9.53 Å². The van der Waals surface area contributed by atoms with Gasteiger partial charge in [-0.25, -0.2) is 0 Å². The standard InChI is InChI=1S/C14H21BrN2O2/c1-3-8-17-14(18)10(2)19-12-4-5-13(15)11(9-12)6-7-16/h4-5,9-10H,3,6-8,16H2,1-2H3,(H,17,18). The molecule has 0 aliphatic heterocycles. The largest absolute Gasteiger partial charge is 0.481 e. The lowest BCUT2D eigenvalue weighted by Gasteiger charge is -2.15. The van der Waals surface area contributed by atoms with Crippen molar-refractivity contribution in [1.29, 1.82) is 0 Å². The summed E-state index contributed by atoms with van der Waals surface area (Å²) in [5, 5.41) is 2.81. The predicted molar refractivity (Wildman–Crippen MR) is 80.3 cm³/mol. The molecule has 19 heavy (non-hydrogen) atoms. The minimum Gasteiger partial charge on any atom is -0.481 e. The summed E-state index contributed by atoms with van der Waals surface area (Å²) < 4.78 is 6.65. The summed E-state index contributed by atoms with van der Waals surface area (Å²) in [7, 11) is 0. The van der Waals surface area contributed by atoms with Crippen LogP contribution in [0.3, 0.4) is 0 Å². The number of nitrogens with two attached hydrogens (primary N) is 1. The van der Waals surface area contributed by atoms with E-state index in [2.05, 4.69) is 21.2 Å². The van der Waals surface area contributed by atoms with Crippen LogP contribution in [-0.4, -0.2) is 25.1 Å². The number of ether oxygens (including phenoxy) is 1. The first-order valence-corrected chi connectivity index (χ1v) is 7.30. The van der Waals surface area contributed by atoms with Gasteiger partial charge < -0.3 is 15.8 Å². The highest BCUT2D eigenvalue weighted by molar-refractivity contribution is 9.10. The third-order valence-corrected chi connectivity index (χ3v) is 3.44. The third kappa shape index (κ3) is 5.20. The number of halogens is 1. The van der Waals surface area contributed by atoms with Gasteiger partial charge in [-0.15, -0.1) is 0 Å². The van der Waals surface area contributed by atoms with Crippen LogP contribution in [0.5, 0.6) is 5.75 Å². The first-order valence-electron chi connectivity index (χ1n) is 6.51. The molecular weight excluding hydrogens is 308 g/mol. The van der Waals surface area contributed by atoms with Gasteiger partial charge in [0, 0.05) is 11.0 Å². The smallest absolute Gasteiger partial charge is 0.260 e. The maximum atomic E-state index is 11.7. The molecular formula is C14H21BrN2O2. The Morgan fingerprint density at radius 2 is 2.26 bits per heavy atom. The molecule has 4 nitrogen and oxygen atoms in total. The zero-order valence-corrected chi connectivity index (χ0v) is 13.0. The van der Waals surface area contributed by atoms with Gasteiger partial charge in [-0.3, -0.25) is 4.79 Å². The zero-order valence-electron chi connectivity index (χ0n) is 11.4. The highest BCUT2D eigenvalue weighted by atomic mass is 79.9. The van der Waals surface area contributed by atoms with Gasteiger partial charge in [0.1, 0.15) is 5.75 Å². The molecule has 0 saturated heterocycles. The van der Waals surface area contributed by atoms with Crippen molar-refractivity contribution in [2.45, 2.75) is 32.8 Å². The first kappa shape index (κ1) is 16.0. The lowest BCUT2D eigenvalue weighted by atomic mass is 10.1. The molecule has 0 aliphatic rings. The average Bonchev–Trinajstić information content (AvgIpc) is 2.40. The molecule has 3 N–H and O–H groups in total. The summed E-state index contributed by atoms with van der Waals surface area (Å²) in [6.07, 6.45) is 1.18. The van der Waals surface area contributed by atoms with Crippen LogP contribution >= 0.6 is 15.9 Å². The average molecular weight is 329 g/mol. The summed E-state index contributed by atoms with van der Waals surface area (Å²) in [5.74, 6) is 0.593. The van der Waals surface area contributed by atoms with Gasteiger partial charge in [-0.05, 0) is 50.1 Å². The van der Waals surface area contributed by atoms with E-state index >= 15 is 0 Å². The quantitative estimate of drug-likeness (QED) is 0.806. The Labute approximate surface area is 122 Å². The van der Waals surface area contributed by atoms with Crippen LogP contribution in [0.15, 0.2) is 22.7 Å². The van der Waals surface area contributed by atoms with Crippen LogP contribution in [0.4, 0.5) is 0 Å². The molecule has 0 heterocycles. The molecule has 0 radical (unpaired) electrons. The number of hydrogen-bond donors (Lipinski definition) is 2. The van der Waals surface area contributed by atoms with E-state index in [0.717, 1.165) is 22.9 Å². The van der Waals surface area contributed by atoms with Crippen molar-refractivity contribution in [3.63, 3.8) is 0 Å². The second kappa shape index (κ2) is 8.17. The Morgan fingerprint density at radius 1 is 1.53 bits per heavy atom. The van der Waals surface area contributed by atoms with E-state index in [4.69, 9.17) is 10.5 Å². The number of carbonyl (C=O) groups is 1. The normalized spacial score (nSPS) is 12.0. The SMILES string of the molecule is CCCNC(=O)C(C)Oc1ccc(Br)c(CCN)c1. The Balaban J connectivity index is 2.65. The van der Waals surface area contributed by atoms with E-state index < -0.39 is 6.10 Å². The van der Waals surface area contributed by atoms with Crippen LogP contribution in [0, 0.1) is 0 Å². The van der Waals surface area contributed by atoms with Crippen molar-refractivity contribution in [2.75, 3.05) is 13.1 Å². The Morgan fingerprint density at radius 3 is 2.89 bits per heavy atom. The van der Waals surface area contributed by atoms with Gasteiger partial charge in [0.25, 0.3) is 5.91 Å². The highest BCUT2D eigenvalue weighted by Gasteiger charge is 2.14. The Hall–Kier alpha value is -1.07. The van der Waals surface area contributed by atoms with Crippen molar-refractivity contribution in [1.82, 2.24) is 5.32 Å². The van der Waals surface area contributed by atoms with E-state index in [1.165, 1.54) is 0 Å². The number of benzene rings is 1. The fourth-order valence-corrected chi connectivity index (χ4v) is 2.07. The minimum atomic E-state index is -0.501. The monoisotopic (exact) mass is 328 g/mol. The lowest BCUT2D eigenvalue weighted by Crippen LogP contribution is -2.36. The Kier molecular flexibility index (Phi) is 6.87. The van der Waals surface area contributed by atoms with E-state index in [1.807, 2.05) is 25.1 Å². The highest BCUT2D eigenvalue weighted by Crippen LogP contribution is 2.23. The molecule has 1 aromatic rings. The minimum absolute atomic E-state index is 0.0925.